The Morgan fingerprint density at radius 3 is 2.72 bits per heavy atom. The molecule has 3 atom stereocenters. The number of carbonyl (C=O) groups is 1. The van der Waals surface area contributed by atoms with E-state index in [2.05, 4.69) is 50.1 Å². The Labute approximate surface area is 170 Å². The summed E-state index contributed by atoms with van der Waals surface area (Å²) in [6.07, 6.45) is 6.00. The molecule has 1 aromatic carbocycles. The summed E-state index contributed by atoms with van der Waals surface area (Å²) in [5, 5.41) is 14.5. The number of benzene rings is 1. The van der Waals surface area contributed by atoms with Gasteiger partial charge in [-0.1, -0.05) is 30.3 Å². The highest BCUT2D eigenvalue weighted by Crippen LogP contribution is 2.32. The van der Waals surface area contributed by atoms with Crippen LogP contribution in [0.25, 0.3) is 11.3 Å². The maximum Gasteiger partial charge on any atom is 0.223 e. The first-order valence-electron chi connectivity index (χ1n) is 10.3. The van der Waals surface area contributed by atoms with Crippen LogP contribution in [0, 0.1) is 5.92 Å². The van der Waals surface area contributed by atoms with E-state index >= 15 is 0 Å². The first-order valence-corrected chi connectivity index (χ1v) is 10.3. The number of aromatic amines is 1. The number of amides is 1. The van der Waals surface area contributed by atoms with Gasteiger partial charge in [0.25, 0.3) is 0 Å². The second-order valence-electron chi connectivity index (χ2n) is 8.00. The van der Waals surface area contributed by atoms with Crippen LogP contribution >= 0.6 is 0 Å². The third kappa shape index (κ3) is 3.56. The van der Waals surface area contributed by atoms with E-state index in [9.17, 15) is 4.79 Å². The summed E-state index contributed by atoms with van der Waals surface area (Å²) in [4.78, 5) is 17.2. The van der Waals surface area contributed by atoms with Gasteiger partial charge in [-0.15, -0.1) is 0 Å². The molecule has 6 heteroatoms. The Kier molecular flexibility index (Phi) is 4.86. The zero-order valence-electron chi connectivity index (χ0n) is 16.3. The predicted octanol–water partition coefficient (Wildman–Crippen LogP) is 2.45. The molecule has 1 amide bonds. The molecule has 2 aliphatic rings. The average Bonchev–Trinajstić information content (AvgIpc) is 3.41. The lowest BCUT2D eigenvalue weighted by molar-refractivity contribution is -0.126. The standard InChI is InChI=1S/C23H25N5O/c29-23(26-21-14-25-13-19(21)15-4-2-1-3-5-15)17-6-7-20-18(12-17)22(28-27-20)16-8-10-24-11-9-16/h1-5,8-11,17,19,21,25H,6-7,12-14H2,(H,26,29)(H,27,28)/t17-,19+,21-/m0/s1. The molecule has 0 unspecified atom stereocenters. The molecule has 1 saturated heterocycles. The van der Waals surface area contributed by atoms with Gasteiger partial charge in [-0.2, -0.15) is 5.10 Å². The van der Waals surface area contributed by atoms with Gasteiger partial charge in [0.05, 0.1) is 5.69 Å². The summed E-state index contributed by atoms with van der Waals surface area (Å²) >= 11 is 0. The van der Waals surface area contributed by atoms with Crippen LogP contribution in [0.5, 0.6) is 0 Å². The number of nitrogens with zero attached hydrogens (tertiary/aromatic N) is 2. The van der Waals surface area contributed by atoms with E-state index in [1.54, 1.807) is 12.4 Å². The second-order valence-corrected chi connectivity index (χ2v) is 8.00. The summed E-state index contributed by atoms with van der Waals surface area (Å²) in [6, 6.07) is 14.5. The first-order chi connectivity index (χ1) is 14.3. The number of aryl methyl sites for hydroxylation is 1. The molecule has 1 fully saturated rings. The molecule has 29 heavy (non-hydrogen) atoms. The Morgan fingerprint density at radius 1 is 1.07 bits per heavy atom. The normalized spacial score (nSPS) is 23.5. The van der Waals surface area contributed by atoms with Crippen molar-refractivity contribution in [2.24, 2.45) is 5.92 Å². The Balaban J connectivity index is 1.31. The SMILES string of the molecule is O=C(N[C@H]1CNC[C@@H]1c1ccccc1)[C@H]1CCc2[nH]nc(-c3ccncc3)c2C1. The van der Waals surface area contributed by atoms with Crippen molar-refractivity contribution >= 4 is 5.91 Å². The lowest BCUT2D eigenvalue weighted by Crippen LogP contribution is -2.43. The van der Waals surface area contributed by atoms with Gasteiger partial charge in [0.2, 0.25) is 5.91 Å². The maximum atomic E-state index is 13.1. The molecule has 3 N–H and O–H groups in total. The summed E-state index contributed by atoms with van der Waals surface area (Å²) in [5.74, 6) is 0.463. The van der Waals surface area contributed by atoms with Crippen molar-refractivity contribution in [2.75, 3.05) is 13.1 Å². The highest BCUT2D eigenvalue weighted by atomic mass is 16.2. The molecule has 148 valence electrons. The zero-order chi connectivity index (χ0) is 19.6. The average molecular weight is 387 g/mol. The molecule has 0 radical (unpaired) electrons. The van der Waals surface area contributed by atoms with Gasteiger partial charge >= 0.3 is 0 Å². The topological polar surface area (TPSA) is 82.7 Å². The minimum Gasteiger partial charge on any atom is -0.351 e. The Hall–Kier alpha value is -2.99. The summed E-state index contributed by atoms with van der Waals surface area (Å²) in [7, 11) is 0. The molecule has 1 aliphatic heterocycles. The molecule has 2 aromatic heterocycles. The fourth-order valence-electron chi connectivity index (χ4n) is 4.65. The largest absolute Gasteiger partial charge is 0.351 e. The summed E-state index contributed by atoms with van der Waals surface area (Å²) in [5.41, 5.74) is 5.60. The first kappa shape index (κ1) is 18.1. The van der Waals surface area contributed by atoms with Crippen LogP contribution < -0.4 is 10.6 Å². The third-order valence-corrected chi connectivity index (χ3v) is 6.24. The van der Waals surface area contributed by atoms with Crippen LogP contribution in [0.4, 0.5) is 0 Å². The van der Waals surface area contributed by atoms with Crippen LogP contribution in [0.2, 0.25) is 0 Å². The van der Waals surface area contributed by atoms with E-state index in [1.165, 1.54) is 11.1 Å². The lowest BCUT2D eigenvalue weighted by Gasteiger charge is -2.26. The molecule has 0 spiro atoms. The van der Waals surface area contributed by atoms with Crippen molar-refractivity contribution < 1.29 is 4.79 Å². The molecule has 0 bridgehead atoms. The van der Waals surface area contributed by atoms with E-state index in [0.717, 1.165) is 49.3 Å². The number of fused-ring (bicyclic) bond motifs is 1. The van der Waals surface area contributed by atoms with Gasteiger partial charge in [0, 0.05) is 60.2 Å². The fourth-order valence-corrected chi connectivity index (χ4v) is 4.65. The smallest absolute Gasteiger partial charge is 0.223 e. The van der Waals surface area contributed by atoms with Crippen LogP contribution in [0.1, 0.15) is 29.2 Å². The minimum absolute atomic E-state index is 0.0160. The van der Waals surface area contributed by atoms with Crippen molar-refractivity contribution in [3.8, 4) is 11.3 Å². The van der Waals surface area contributed by atoms with E-state index in [4.69, 9.17) is 0 Å². The molecule has 1 aliphatic carbocycles. The van der Waals surface area contributed by atoms with Gasteiger partial charge < -0.3 is 10.6 Å². The molecular weight excluding hydrogens is 362 g/mol. The van der Waals surface area contributed by atoms with E-state index in [0.29, 0.717) is 5.92 Å². The van der Waals surface area contributed by atoms with Crippen molar-refractivity contribution in [1.82, 2.24) is 25.8 Å². The Morgan fingerprint density at radius 2 is 1.90 bits per heavy atom. The predicted molar refractivity (Wildman–Crippen MR) is 111 cm³/mol. The summed E-state index contributed by atoms with van der Waals surface area (Å²) < 4.78 is 0. The monoisotopic (exact) mass is 387 g/mol. The number of rotatable bonds is 4. The number of aromatic nitrogens is 3. The van der Waals surface area contributed by atoms with Crippen molar-refractivity contribution in [1.29, 1.82) is 0 Å². The van der Waals surface area contributed by atoms with E-state index < -0.39 is 0 Å². The highest BCUT2D eigenvalue weighted by molar-refractivity contribution is 5.80. The van der Waals surface area contributed by atoms with Crippen LogP contribution in [-0.2, 0) is 17.6 Å². The Bertz CT molecular complexity index is 985. The van der Waals surface area contributed by atoms with Crippen LogP contribution in [0.15, 0.2) is 54.9 Å². The quantitative estimate of drug-likeness (QED) is 0.642. The van der Waals surface area contributed by atoms with Gasteiger partial charge in [0.1, 0.15) is 0 Å². The summed E-state index contributed by atoms with van der Waals surface area (Å²) in [6.45, 7) is 1.72. The van der Waals surface area contributed by atoms with E-state index in [1.807, 2.05) is 18.2 Å². The van der Waals surface area contributed by atoms with Gasteiger partial charge in [0.15, 0.2) is 0 Å². The minimum atomic E-state index is -0.0160. The molecule has 3 heterocycles. The van der Waals surface area contributed by atoms with Crippen molar-refractivity contribution in [2.45, 2.75) is 31.2 Å². The number of nitrogens with one attached hydrogen (secondary N) is 3. The molecular formula is C23H25N5O. The number of pyridine rings is 1. The molecule has 0 saturated carbocycles. The van der Waals surface area contributed by atoms with Crippen LogP contribution in [0.3, 0.4) is 0 Å². The van der Waals surface area contributed by atoms with Gasteiger partial charge in [-0.05, 0) is 37.0 Å². The van der Waals surface area contributed by atoms with Gasteiger partial charge in [-0.25, -0.2) is 0 Å². The third-order valence-electron chi connectivity index (χ3n) is 6.24. The number of hydrogen-bond donors (Lipinski definition) is 3. The lowest BCUT2D eigenvalue weighted by atomic mass is 9.84. The fraction of sp³-hybridized carbons (Fsp3) is 0.348. The maximum absolute atomic E-state index is 13.1. The van der Waals surface area contributed by atoms with Crippen molar-refractivity contribution in [3.05, 3.63) is 71.7 Å². The zero-order valence-corrected chi connectivity index (χ0v) is 16.3. The van der Waals surface area contributed by atoms with Crippen molar-refractivity contribution in [3.63, 3.8) is 0 Å². The number of H-pyrrole nitrogens is 1. The number of hydrogen-bond acceptors (Lipinski definition) is 4. The van der Waals surface area contributed by atoms with Gasteiger partial charge in [-0.3, -0.25) is 14.9 Å². The highest BCUT2D eigenvalue weighted by Gasteiger charge is 2.34. The molecule has 3 aromatic rings. The van der Waals surface area contributed by atoms with E-state index in [-0.39, 0.29) is 17.9 Å². The number of carbonyl (C=O) groups excluding carboxylic acids is 1. The molecule has 5 rings (SSSR count). The van der Waals surface area contributed by atoms with Crippen LogP contribution in [-0.4, -0.2) is 40.2 Å². The molecule has 6 nitrogen and oxygen atoms in total. The second kappa shape index (κ2) is 7.79.